The van der Waals surface area contributed by atoms with E-state index in [0.29, 0.717) is 12.1 Å². The highest BCUT2D eigenvalue weighted by atomic mass is 16.5. The summed E-state index contributed by atoms with van der Waals surface area (Å²) in [6.07, 6.45) is 1.44. The molecular weight excluding hydrogens is 468 g/mol. The van der Waals surface area contributed by atoms with Crippen LogP contribution in [0.5, 0.6) is 0 Å². The zero-order chi connectivity index (χ0) is 26.1. The average molecular weight is 499 g/mol. The molecule has 1 aliphatic rings. The first-order valence-electron chi connectivity index (χ1n) is 12.2. The second-order valence-corrected chi connectivity index (χ2v) is 8.76. The summed E-state index contributed by atoms with van der Waals surface area (Å²) in [6, 6.07) is 27.6. The minimum atomic E-state index is -1.85. The number of carbonyl (C=O) groups excluding carboxylic acids is 3. The number of imide groups is 1. The molecule has 0 radical (unpaired) electrons. The number of nitrogens with zero attached hydrogens (tertiary/aromatic N) is 2. The van der Waals surface area contributed by atoms with Gasteiger partial charge < -0.3 is 9.47 Å². The van der Waals surface area contributed by atoms with Gasteiger partial charge in [0.1, 0.15) is 6.61 Å². The van der Waals surface area contributed by atoms with Crippen LogP contribution in [0.3, 0.4) is 0 Å². The van der Waals surface area contributed by atoms with E-state index in [9.17, 15) is 14.4 Å². The van der Waals surface area contributed by atoms with Crippen LogP contribution in [0.25, 0.3) is 0 Å². The van der Waals surface area contributed by atoms with Crippen LogP contribution in [0.2, 0.25) is 0 Å². The van der Waals surface area contributed by atoms with Crippen LogP contribution in [-0.4, -0.2) is 59.4 Å². The molecular formula is C30H30N2O5. The molecule has 1 atom stereocenters. The summed E-state index contributed by atoms with van der Waals surface area (Å²) in [7, 11) is 0. The van der Waals surface area contributed by atoms with Crippen molar-refractivity contribution < 1.29 is 23.9 Å². The molecule has 3 aromatic carbocycles. The van der Waals surface area contributed by atoms with Gasteiger partial charge in [0.05, 0.1) is 13.2 Å². The molecule has 7 nitrogen and oxygen atoms in total. The smallest absolute Gasteiger partial charge is 0.339 e. The van der Waals surface area contributed by atoms with Crippen molar-refractivity contribution in [2.24, 2.45) is 0 Å². The summed E-state index contributed by atoms with van der Waals surface area (Å²) in [5.41, 5.74) is 0.330. The fourth-order valence-electron chi connectivity index (χ4n) is 4.39. The van der Waals surface area contributed by atoms with Gasteiger partial charge in [-0.05, 0) is 23.3 Å². The van der Waals surface area contributed by atoms with Gasteiger partial charge in [-0.25, -0.2) is 4.79 Å². The molecule has 1 fully saturated rings. The molecule has 1 aliphatic heterocycles. The fraction of sp³-hybridized carbons (Fsp3) is 0.233. The van der Waals surface area contributed by atoms with Gasteiger partial charge in [0.25, 0.3) is 11.8 Å². The van der Waals surface area contributed by atoms with E-state index in [1.165, 1.54) is 6.08 Å². The van der Waals surface area contributed by atoms with Crippen molar-refractivity contribution >= 4 is 17.8 Å². The minimum Gasteiger partial charge on any atom is -0.460 e. The SMILES string of the molecule is C=CCOC(=O)C1(COCc2ccccc2)C(=O)N(C(=O)c2ccccc2)CCN1Cc1ccccc1. The van der Waals surface area contributed by atoms with Gasteiger partial charge in [-0.1, -0.05) is 91.5 Å². The van der Waals surface area contributed by atoms with E-state index in [2.05, 4.69) is 6.58 Å². The lowest BCUT2D eigenvalue weighted by Crippen LogP contribution is -2.72. The van der Waals surface area contributed by atoms with Crippen LogP contribution >= 0.6 is 0 Å². The third-order valence-electron chi connectivity index (χ3n) is 6.31. The van der Waals surface area contributed by atoms with E-state index in [4.69, 9.17) is 9.47 Å². The van der Waals surface area contributed by atoms with Gasteiger partial charge in [-0.3, -0.25) is 19.4 Å². The Morgan fingerprint density at radius 1 is 0.865 bits per heavy atom. The zero-order valence-electron chi connectivity index (χ0n) is 20.6. The molecule has 190 valence electrons. The third kappa shape index (κ3) is 5.85. The Morgan fingerprint density at radius 3 is 2.08 bits per heavy atom. The van der Waals surface area contributed by atoms with Gasteiger partial charge in [-0.2, -0.15) is 0 Å². The second kappa shape index (κ2) is 12.3. The number of benzene rings is 3. The molecule has 37 heavy (non-hydrogen) atoms. The average Bonchev–Trinajstić information content (AvgIpc) is 2.94. The van der Waals surface area contributed by atoms with E-state index in [1.54, 1.807) is 35.2 Å². The molecule has 0 aromatic heterocycles. The Balaban J connectivity index is 1.71. The van der Waals surface area contributed by atoms with Crippen LogP contribution in [0, 0.1) is 0 Å². The first-order chi connectivity index (χ1) is 18.1. The highest BCUT2D eigenvalue weighted by Crippen LogP contribution is 2.29. The minimum absolute atomic E-state index is 0.0711. The van der Waals surface area contributed by atoms with Crippen molar-refractivity contribution in [2.75, 3.05) is 26.3 Å². The lowest BCUT2D eigenvalue weighted by atomic mass is 9.91. The fourth-order valence-corrected chi connectivity index (χ4v) is 4.39. The standard InChI is InChI=1S/C30H30N2O5/c1-2-20-37-29(35)30(23-36-22-25-14-8-4-9-15-25)28(34)32(27(33)26-16-10-5-11-17-26)19-18-31(30)21-24-12-6-3-7-13-24/h2-17H,1,18-23H2. The molecule has 4 rings (SSSR count). The van der Waals surface area contributed by atoms with Crippen molar-refractivity contribution in [1.29, 1.82) is 0 Å². The van der Waals surface area contributed by atoms with Crippen molar-refractivity contribution in [1.82, 2.24) is 9.80 Å². The molecule has 7 heteroatoms. The molecule has 1 saturated heterocycles. The number of rotatable bonds is 10. The Morgan fingerprint density at radius 2 is 1.46 bits per heavy atom. The number of hydrogen-bond acceptors (Lipinski definition) is 6. The predicted molar refractivity (Wildman–Crippen MR) is 139 cm³/mol. The molecule has 3 aromatic rings. The molecule has 0 aliphatic carbocycles. The summed E-state index contributed by atoms with van der Waals surface area (Å²) < 4.78 is 11.5. The maximum Gasteiger partial charge on any atom is 0.339 e. The Hall–Kier alpha value is -4.07. The van der Waals surface area contributed by atoms with E-state index in [0.717, 1.165) is 16.0 Å². The number of amides is 2. The number of carbonyl (C=O) groups is 3. The first kappa shape index (κ1) is 26.0. The maximum absolute atomic E-state index is 14.2. The largest absolute Gasteiger partial charge is 0.460 e. The third-order valence-corrected chi connectivity index (χ3v) is 6.31. The molecule has 0 N–H and O–H groups in total. The molecule has 0 bridgehead atoms. The van der Waals surface area contributed by atoms with Gasteiger partial charge in [0.15, 0.2) is 0 Å². The van der Waals surface area contributed by atoms with Gasteiger partial charge in [0.2, 0.25) is 5.54 Å². The van der Waals surface area contributed by atoms with Crippen LogP contribution in [0.4, 0.5) is 0 Å². The van der Waals surface area contributed by atoms with Crippen LogP contribution < -0.4 is 0 Å². The summed E-state index contributed by atoms with van der Waals surface area (Å²) in [4.78, 5) is 44.1. The monoisotopic (exact) mass is 498 g/mol. The predicted octanol–water partition coefficient (Wildman–Crippen LogP) is 3.86. The van der Waals surface area contributed by atoms with Crippen LogP contribution in [0.1, 0.15) is 21.5 Å². The summed E-state index contributed by atoms with van der Waals surface area (Å²) in [5.74, 6) is -1.90. The van der Waals surface area contributed by atoms with Crippen molar-refractivity contribution in [2.45, 2.75) is 18.7 Å². The van der Waals surface area contributed by atoms with Crippen molar-refractivity contribution in [3.8, 4) is 0 Å². The Labute approximate surface area is 216 Å². The van der Waals surface area contributed by atoms with Crippen molar-refractivity contribution in [3.63, 3.8) is 0 Å². The van der Waals surface area contributed by atoms with E-state index < -0.39 is 23.3 Å². The van der Waals surface area contributed by atoms with Gasteiger partial charge in [0, 0.05) is 25.2 Å². The maximum atomic E-state index is 14.2. The Bertz CT molecular complexity index is 1220. The quantitative estimate of drug-likeness (QED) is 0.183. The van der Waals surface area contributed by atoms with E-state index in [-0.39, 0.29) is 32.9 Å². The van der Waals surface area contributed by atoms with Crippen LogP contribution in [0.15, 0.2) is 104 Å². The number of hydrogen-bond donors (Lipinski definition) is 0. The number of ether oxygens (including phenoxy) is 2. The van der Waals surface area contributed by atoms with Crippen LogP contribution in [-0.2, 0) is 32.2 Å². The molecule has 2 amide bonds. The van der Waals surface area contributed by atoms with Gasteiger partial charge >= 0.3 is 5.97 Å². The lowest BCUT2D eigenvalue weighted by molar-refractivity contribution is -0.177. The highest BCUT2D eigenvalue weighted by molar-refractivity contribution is 6.16. The highest BCUT2D eigenvalue weighted by Gasteiger charge is 2.58. The summed E-state index contributed by atoms with van der Waals surface area (Å²) in [5, 5.41) is 0. The first-order valence-corrected chi connectivity index (χ1v) is 12.2. The summed E-state index contributed by atoms with van der Waals surface area (Å²) in [6.45, 7) is 4.18. The Kier molecular flexibility index (Phi) is 8.61. The summed E-state index contributed by atoms with van der Waals surface area (Å²) >= 11 is 0. The van der Waals surface area contributed by atoms with E-state index >= 15 is 0 Å². The lowest BCUT2D eigenvalue weighted by Gasteiger charge is -2.46. The van der Waals surface area contributed by atoms with Crippen molar-refractivity contribution in [3.05, 3.63) is 120 Å². The number of esters is 1. The normalized spacial score (nSPS) is 17.8. The zero-order valence-corrected chi connectivity index (χ0v) is 20.6. The van der Waals surface area contributed by atoms with Gasteiger partial charge in [-0.15, -0.1) is 0 Å². The topological polar surface area (TPSA) is 76.1 Å². The molecule has 0 spiro atoms. The molecule has 1 heterocycles. The second-order valence-electron chi connectivity index (χ2n) is 8.76. The molecule has 1 unspecified atom stereocenters. The molecule has 0 saturated carbocycles. The van der Waals surface area contributed by atoms with E-state index in [1.807, 2.05) is 60.7 Å². The number of piperazine rings is 1.